The quantitative estimate of drug-likeness (QED) is 0.321. The lowest BCUT2D eigenvalue weighted by Crippen LogP contribution is -2.52. The van der Waals surface area contributed by atoms with E-state index in [1.54, 1.807) is 25.6 Å². The number of thiazole rings is 1. The van der Waals surface area contributed by atoms with Crippen LogP contribution in [-0.4, -0.2) is 68.2 Å². The average Bonchev–Trinajstić information content (AvgIpc) is 3.25. The molecule has 0 aliphatic carbocycles. The second-order valence-electron chi connectivity index (χ2n) is 8.73. The van der Waals surface area contributed by atoms with E-state index in [1.807, 2.05) is 13.1 Å². The van der Waals surface area contributed by atoms with Crippen LogP contribution in [0, 0.1) is 0 Å². The summed E-state index contributed by atoms with van der Waals surface area (Å²) in [6, 6.07) is 6.14. The van der Waals surface area contributed by atoms with E-state index in [4.69, 9.17) is 14.5 Å². The Morgan fingerprint density at radius 2 is 1.81 bits per heavy atom. The van der Waals surface area contributed by atoms with Crippen LogP contribution in [0.25, 0.3) is 0 Å². The van der Waals surface area contributed by atoms with Gasteiger partial charge in [0.25, 0.3) is 0 Å². The highest BCUT2D eigenvalue weighted by atomic mass is 127. The number of methoxy groups -OCH3 is 2. The van der Waals surface area contributed by atoms with Crippen LogP contribution in [0.1, 0.15) is 37.0 Å². The highest BCUT2D eigenvalue weighted by Crippen LogP contribution is 2.28. The van der Waals surface area contributed by atoms with Gasteiger partial charge in [-0.2, -0.15) is 0 Å². The molecular formula is C23H36IN5O2S. The predicted molar refractivity (Wildman–Crippen MR) is 143 cm³/mol. The molecule has 0 amide bonds. The number of guanidine groups is 1. The molecule has 0 spiro atoms. The minimum Gasteiger partial charge on any atom is -0.493 e. The molecule has 178 valence electrons. The Labute approximate surface area is 213 Å². The Balaban J connectivity index is 0.00000363. The van der Waals surface area contributed by atoms with Crippen LogP contribution < -0.4 is 14.8 Å². The Hall–Kier alpha value is -1.59. The maximum Gasteiger partial charge on any atom is 0.194 e. The Morgan fingerprint density at radius 3 is 2.38 bits per heavy atom. The molecule has 1 aromatic carbocycles. The van der Waals surface area contributed by atoms with Crippen molar-refractivity contribution in [2.75, 3.05) is 47.4 Å². The molecule has 1 aliphatic heterocycles. The van der Waals surface area contributed by atoms with Crippen LogP contribution in [0.4, 0.5) is 0 Å². The van der Waals surface area contributed by atoms with Crippen LogP contribution in [0.15, 0.2) is 28.6 Å². The Kier molecular flexibility index (Phi) is 10.0. The van der Waals surface area contributed by atoms with E-state index in [2.05, 4.69) is 58.4 Å². The number of halogens is 1. The number of piperazine rings is 1. The summed E-state index contributed by atoms with van der Waals surface area (Å²) in [4.78, 5) is 14.0. The molecule has 32 heavy (non-hydrogen) atoms. The fraction of sp³-hybridized carbons (Fsp3) is 0.565. The SMILES string of the molecule is CN=C(NCc1nc(C(C)(C)C)cs1)N1CCN(Cc2ccc(OC)c(OC)c2)CC1.I. The van der Waals surface area contributed by atoms with Crippen molar-refractivity contribution in [3.8, 4) is 11.5 Å². The normalized spacial score (nSPS) is 15.3. The first-order valence-corrected chi connectivity index (χ1v) is 11.6. The molecule has 0 saturated carbocycles. The zero-order chi connectivity index (χ0) is 22.4. The van der Waals surface area contributed by atoms with Gasteiger partial charge in [-0.15, -0.1) is 35.3 Å². The van der Waals surface area contributed by atoms with E-state index < -0.39 is 0 Å². The number of aliphatic imine (C=N–C) groups is 1. The number of hydrogen-bond donors (Lipinski definition) is 1. The second-order valence-corrected chi connectivity index (χ2v) is 9.67. The second kappa shape index (κ2) is 12.0. The molecule has 1 saturated heterocycles. The van der Waals surface area contributed by atoms with Gasteiger partial charge in [0.2, 0.25) is 0 Å². The smallest absolute Gasteiger partial charge is 0.194 e. The monoisotopic (exact) mass is 573 g/mol. The zero-order valence-electron chi connectivity index (χ0n) is 20.0. The number of nitrogens with zero attached hydrogens (tertiary/aromatic N) is 4. The van der Waals surface area contributed by atoms with Crippen molar-refractivity contribution in [2.45, 2.75) is 39.3 Å². The molecule has 0 radical (unpaired) electrons. The van der Waals surface area contributed by atoms with E-state index in [-0.39, 0.29) is 29.4 Å². The van der Waals surface area contributed by atoms with Gasteiger partial charge in [0.05, 0.1) is 26.5 Å². The summed E-state index contributed by atoms with van der Waals surface area (Å²) in [7, 11) is 5.19. The van der Waals surface area contributed by atoms with Crippen LogP contribution in [0.5, 0.6) is 11.5 Å². The first-order valence-electron chi connectivity index (χ1n) is 10.7. The summed E-state index contributed by atoms with van der Waals surface area (Å²) in [5, 5.41) is 6.74. The highest BCUT2D eigenvalue weighted by Gasteiger charge is 2.21. The highest BCUT2D eigenvalue weighted by molar-refractivity contribution is 14.0. The number of hydrogen-bond acceptors (Lipinski definition) is 6. The fourth-order valence-corrected chi connectivity index (χ4v) is 4.54. The van der Waals surface area contributed by atoms with Crippen LogP contribution >= 0.6 is 35.3 Å². The van der Waals surface area contributed by atoms with Crippen LogP contribution in [0.3, 0.4) is 0 Å². The first-order chi connectivity index (χ1) is 14.8. The molecule has 2 aromatic rings. The third-order valence-corrected chi connectivity index (χ3v) is 6.30. The van der Waals surface area contributed by atoms with Crippen LogP contribution in [0.2, 0.25) is 0 Å². The van der Waals surface area contributed by atoms with Crippen molar-refractivity contribution < 1.29 is 9.47 Å². The van der Waals surface area contributed by atoms with Gasteiger partial charge in [-0.1, -0.05) is 26.8 Å². The first kappa shape index (κ1) is 26.7. The van der Waals surface area contributed by atoms with E-state index >= 15 is 0 Å². The lowest BCUT2D eigenvalue weighted by molar-refractivity contribution is 0.172. The van der Waals surface area contributed by atoms with Gasteiger partial charge < -0.3 is 19.7 Å². The molecule has 1 aliphatic rings. The van der Waals surface area contributed by atoms with E-state index in [0.29, 0.717) is 6.54 Å². The maximum atomic E-state index is 5.43. The largest absolute Gasteiger partial charge is 0.493 e. The summed E-state index contributed by atoms with van der Waals surface area (Å²) in [6.45, 7) is 12.0. The Morgan fingerprint density at radius 1 is 1.12 bits per heavy atom. The van der Waals surface area contributed by atoms with Crippen molar-refractivity contribution in [3.05, 3.63) is 39.8 Å². The number of nitrogens with one attached hydrogen (secondary N) is 1. The molecule has 0 atom stereocenters. The molecule has 0 unspecified atom stereocenters. The standard InChI is InChI=1S/C23H35N5O2S.HI/c1-23(2,3)20-16-31-21(26-20)14-25-22(24-4)28-11-9-27(10-12-28)15-17-7-8-18(29-5)19(13-17)30-6;/h7-8,13,16H,9-12,14-15H2,1-6H3,(H,24,25);1H. The third kappa shape index (κ3) is 6.95. The van der Waals surface area contributed by atoms with Crippen LogP contribution in [-0.2, 0) is 18.5 Å². The van der Waals surface area contributed by atoms with Gasteiger partial charge in [-0.25, -0.2) is 4.98 Å². The summed E-state index contributed by atoms with van der Waals surface area (Å²) in [6.07, 6.45) is 0. The van der Waals surface area contributed by atoms with Crippen molar-refractivity contribution >= 4 is 41.3 Å². The summed E-state index contributed by atoms with van der Waals surface area (Å²) in [5.74, 6) is 2.49. The summed E-state index contributed by atoms with van der Waals surface area (Å²) in [5.41, 5.74) is 2.46. The molecule has 9 heteroatoms. The number of ether oxygens (including phenoxy) is 2. The summed E-state index contributed by atoms with van der Waals surface area (Å²) >= 11 is 1.71. The minimum atomic E-state index is 0. The molecule has 3 rings (SSSR count). The molecule has 7 nitrogen and oxygen atoms in total. The van der Waals surface area contributed by atoms with Crippen molar-refractivity contribution in [3.63, 3.8) is 0 Å². The molecule has 0 bridgehead atoms. The van der Waals surface area contributed by atoms with Crippen molar-refractivity contribution in [1.82, 2.24) is 20.1 Å². The van der Waals surface area contributed by atoms with E-state index in [0.717, 1.165) is 60.9 Å². The predicted octanol–water partition coefficient (Wildman–Crippen LogP) is 3.97. The van der Waals surface area contributed by atoms with Crippen molar-refractivity contribution in [2.24, 2.45) is 4.99 Å². The number of benzene rings is 1. The van der Waals surface area contributed by atoms with E-state index in [9.17, 15) is 0 Å². The summed E-state index contributed by atoms with van der Waals surface area (Å²) < 4.78 is 10.8. The Bertz CT molecular complexity index is 889. The molecular weight excluding hydrogens is 537 g/mol. The van der Waals surface area contributed by atoms with Crippen molar-refractivity contribution in [1.29, 1.82) is 0 Å². The average molecular weight is 574 g/mol. The molecule has 2 heterocycles. The van der Waals surface area contributed by atoms with Gasteiger partial charge in [0, 0.05) is 50.6 Å². The molecule has 1 aromatic heterocycles. The number of rotatable bonds is 6. The van der Waals surface area contributed by atoms with Gasteiger partial charge in [0.15, 0.2) is 17.5 Å². The third-order valence-electron chi connectivity index (χ3n) is 5.46. The molecule has 1 fully saturated rings. The lowest BCUT2D eigenvalue weighted by atomic mass is 9.93. The van der Waals surface area contributed by atoms with Gasteiger partial charge in [-0.05, 0) is 17.7 Å². The maximum absolute atomic E-state index is 5.43. The van der Waals surface area contributed by atoms with Gasteiger partial charge in [0.1, 0.15) is 5.01 Å². The fourth-order valence-electron chi connectivity index (χ4n) is 3.58. The minimum absolute atomic E-state index is 0. The lowest BCUT2D eigenvalue weighted by Gasteiger charge is -2.36. The van der Waals surface area contributed by atoms with E-state index in [1.165, 1.54) is 5.56 Å². The molecule has 1 N–H and O–H groups in total. The topological polar surface area (TPSA) is 62.2 Å². The number of aromatic nitrogens is 1. The zero-order valence-corrected chi connectivity index (χ0v) is 23.1. The van der Waals surface area contributed by atoms with Gasteiger partial charge >= 0.3 is 0 Å². The van der Waals surface area contributed by atoms with Gasteiger partial charge in [-0.3, -0.25) is 9.89 Å².